The Labute approximate surface area is 139 Å². The molecule has 4 aromatic rings. The van der Waals surface area contributed by atoms with E-state index in [1.165, 1.54) is 11.3 Å². The number of ether oxygens (including phenoxy) is 1. The average molecular weight is 344 g/mol. The third-order valence-electron chi connectivity index (χ3n) is 3.52. The summed E-state index contributed by atoms with van der Waals surface area (Å²) in [4.78, 5) is 11.3. The molecular weight excluding hydrogens is 332 g/mol. The fourth-order valence-electron chi connectivity index (χ4n) is 2.41. The van der Waals surface area contributed by atoms with Crippen molar-refractivity contribution in [3.63, 3.8) is 0 Å². The first-order chi connectivity index (χ1) is 11.1. The summed E-state index contributed by atoms with van der Waals surface area (Å²) < 4.78 is 13.1. The zero-order chi connectivity index (χ0) is 16.0. The van der Waals surface area contributed by atoms with Crippen LogP contribution in [0.25, 0.3) is 20.4 Å². The predicted molar refractivity (Wildman–Crippen MR) is 93.2 cm³/mol. The predicted octanol–water partition coefficient (Wildman–Crippen LogP) is 3.97. The molecule has 0 unspecified atom stereocenters. The third kappa shape index (κ3) is 2.34. The zero-order valence-corrected chi connectivity index (χ0v) is 13.5. The maximum absolute atomic E-state index is 11.3. The van der Waals surface area contributed by atoms with Crippen molar-refractivity contribution in [3.8, 4) is 5.75 Å². The minimum atomic E-state index is -0.658. The van der Waals surface area contributed by atoms with Gasteiger partial charge in [-0.05, 0) is 40.6 Å². The summed E-state index contributed by atoms with van der Waals surface area (Å²) in [6, 6.07) is 7.77. The lowest BCUT2D eigenvalue weighted by atomic mass is 10.2. The van der Waals surface area contributed by atoms with E-state index in [-0.39, 0.29) is 5.76 Å². The van der Waals surface area contributed by atoms with Crippen LogP contribution in [0.15, 0.2) is 39.4 Å². The molecule has 0 aliphatic carbocycles. The second kappa shape index (κ2) is 5.29. The molecular formula is C16H12N2O3S2. The number of carbonyl (C=O) groups excluding carboxylic acids is 1. The molecule has 4 N–H and O–H groups in total. The molecule has 0 radical (unpaired) electrons. The van der Waals surface area contributed by atoms with E-state index in [0.717, 1.165) is 26.1 Å². The molecule has 116 valence electrons. The Bertz CT molecular complexity index is 1020. The number of amides is 1. The van der Waals surface area contributed by atoms with E-state index >= 15 is 0 Å². The second-order valence-electron chi connectivity index (χ2n) is 5.05. The summed E-state index contributed by atoms with van der Waals surface area (Å²) in [6.45, 7) is 0.532. The largest absolute Gasteiger partial charge is 0.489 e. The number of anilines is 1. The lowest BCUT2D eigenvalue weighted by Gasteiger charge is -2.04. The Balaban J connectivity index is 1.72. The van der Waals surface area contributed by atoms with E-state index < -0.39 is 5.91 Å². The summed E-state index contributed by atoms with van der Waals surface area (Å²) in [5.74, 6) is 0.141. The van der Waals surface area contributed by atoms with Gasteiger partial charge in [-0.25, -0.2) is 0 Å². The molecule has 0 fully saturated rings. The van der Waals surface area contributed by atoms with Crippen molar-refractivity contribution >= 4 is 54.6 Å². The van der Waals surface area contributed by atoms with E-state index in [1.54, 1.807) is 11.3 Å². The van der Waals surface area contributed by atoms with Crippen molar-refractivity contribution in [1.29, 1.82) is 0 Å². The number of thiophene rings is 2. The summed E-state index contributed by atoms with van der Waals surface area (Å²) in [5.41, 5.74) is 13.3. The molecule has 1 aromatic carbocycles. The quantitative estimate of drug-likeness (QED) is 0.586. The fraction of sp³-hybridized carbons (Fsp3) is 0.0625. The van der Waals surface area contributed by atoms with Crippen LogP contribution >= 0.6 is 22.7 Å². The first-order valence-electron chi connectivity index (χ1n) is 6.81. The molecule has 0 atom stereocenters. The zero-order valence-electron chi connectivity index (χ0n) is 11.9. The van der Waals surface area contributed by atoms with Crippen LogP contribution in [0.2, 0.25) is 0 Å². The molecule has 3 aromatic heterocycles. The molecule has 3 heterocycles. The highest BCUT2D eigenvalue weighted by atomic mass is 32.1. The van der Waals surface area contributed by atoms with Gasteiger partial charge in [0.25, 0.3) is 5.91 Å². The number of furan rings is 1. The topological polar surface area (TPSA) is 91.5 Å². The van der Waals surface area contributed by atoms with E-state index in [1.807, 2.05) is 29.6 Å². The van der Waals surface area contributed by atoms with Gasteiger partial charge in [0, 0.05) is 10.1 Å². The van der Waals surface area contributed by atoms with Crippen LogP contribution in [-0.4, -0.2) is 5.91 Å². The van der Waals surface area contributed by atoms with Gasteiger partial charge in [-0.15, -0.1) is 11.3 Å². The van der Waals surface area contributed by atoms with E-state index in [9.17, 15) is 4.79 Å². The van der Waals surface area contributed by atoms with E-state index in [0.29, 0.717) is 17.9 Å². The van der Waals surface area contributed by atoms with E-state index in [2.05, 4.69) is 5.38 Å². The normalized spacial score (nSPS) is 11.3. The molecule has 0 aliphatic heterocycles. The molecule has 0 aliphatic rings. The van der Waals surface area contributed by atoms with Gasteiger partial charge < -0.3 is 20.6 Å². The highest BCUT2D eigenvalue weighted by Gasteiger charge is 2.20. The molecule has 4 rings (SSSR count). The molecule has 7 heteroatoms. The van der Waals surface area contributed by atoms with Crippen LogP contribution in [0.5, 0.6) is 5.75 Å². The first kappa shape index (κ1) is 14.1. The van der Waals surface area contributed by atoms with Crippen molar-refractivity contribution in [1.82, 2.24) is 0 Å². The number of benzene rings is 1. The number of fused-ring (bicyclic) bond motifs is 3. The maximum Gasteiger partial charge on any atom is 0.286 e. The highest BCUT2D eigenvalue weighted by Crippen LogP contribution is 2.41. The van der Waals surface area contributed by atoms with Gasteiger partial charge in [-0.2, -0.15) is 11.3 Å². The SMILES string of the molecule is NC(=O)c1oc2c(sc3cc(OCc4ccsc4)ccc32)c1N. The van der Waals surface area contributed by atoms with Crippen LogP contribution in [0.1, 0.15) is 16.1 Å². The summed E-state index contributed by atoms with van der Waals surface area (Å²) in [6.07, 6.45) is 0. The van der Waals surface area contributed by atoms with Gasteiger partial charge in [-0.3, -0.25) is 4.79 Å². The van der Waals surface area contributed by atoms with Crippen LogP contribution in [0.3, 0.4) is 0 Å². The number of hydrogen-bond acceptors (Lipinski definition) is 6. The molecule has 1 amide bonds. The van der Waals surface area contributed by atoms with Gasteiger partial charge in [0.2, 0.25) is 5.76 Å². The highest BCUT2D eigenvalue weighted by molar-refractivity contribution is 7.26. The Kier molecular flexibility index (Phi) is 3.24. The third-order valence-corrected chi connectivity index (χ3v) is 5.42. The van der Waals surface area contributed by atoms with Gasteiger partial charge in [-0.1, -0.05) is 0 Å². The Morgan fingerprint density at radius 1 is 1.30 bits per heavy atom. The lowest BCUT2D eigenvalue weighted by Crippen LogP contribution is -2.11. The van der Waals surface area contributed by atoms with Crippen LogP contribution in [-0.2, 0) is 6.61 Å². The van der Waals surface area contributed by atoms with E-state index in [4.69, 9.17) is 20.6 Å². The summed E-state index contributed by atoms with van der Waals surface area (Å²) >= 11 is 3.10. The van der Waals surface area contributed by atoms with Gasteiger partial charge >= 0.3 is 0 Å². The van der Waals surface area contributed by atoms with Crippen molar-refractivity contribution in [3.05, 3.63) is 46.3 Å². The standard InChI is InChI=1S/C16H12N2O3S2/c17-12-14(16(18)19)21-13-10-2-1-9(5-11(10)23-15(12)13)20-6-8-3-4-22-7-8/h1-5,7H,6,17H2,(H2,18,19). The summed E-state index contributed by atoms with van der Waals surface area (Å²) in [7, 11) is 0. The van der Waals surface area contributed by atoms with Crippen LogP contribution < -0.4 is 16.2 Å². The molecule has 0 saturated heterocycles. The lowest BCUT2D eigenvalue weighted by molar-refractivity contribution is 0.0977. The first-order valence-corrected chi connectivity index (χ1v) is 8.57. The number of nitrogen functional groups attached to an aromatic ring is 1. The molecule has 0 bridgehead atoms. The molecule has 5 nitrogen and oxygen atoms in total. The second-order valence-corrected chi connectivity index (χ2v) is 6.88. The smallest absolute Gasteiger partial charge is 0.286 e. The van der Waals surface area contributed by atoms with Crippen molar-refractivity contribution < 1.29 is 13.9 Å². The Hall–Kier alpha value is -2.51. The summed E-state index contributed by atoms with van der Waals surface area (Å²) in [5, 5.41) is 4.98. The number of nitrogens with two attached hydrogens (primary N) is 2. The number of hydrogen-bond donors (Lipinski definition) is 2. The number of rotatable bonds is 4. The van der Waals surface area contributed by atoms with Crippen molar-refractivity contribution in [2.75, 3.05) is 5.73 Å². The van der Waals surface area contributed by atoms with Crippen LogP contribution in [0.4, 0.5) is 5.69 Å². The monoisotopic (exact) mass is 344 g/mol. The molecule has 0 saturated carbocycles. The fourth-order valence-corrected chi connectivity index (χ4v) is 4.17. The Morgan fingerprint density at radius 3 is 2.91 bits per heavy atom. The molecule has 23 heavy (non-hydrogen) atoms. The molecule has 0 spiro atoms. The van der Waals surface area contributed by atoms with Gasteiger partial charge in [0.1, 0.15) is 18.0 Å². The minimum absolute atomic E-state index is 0.0194. The van der Waals surface area contributed by atoms with Crippen molar-refractivity contribution in [2.45, 2.75) is 6.61 Å². The van der Waals surface area contributed by atoms with Gasteiger partial charge in [0.15, 0.2) is 5.58 Å². The number of primary amides is 1. The van der Waals surface area contributed by atoms with Gasteiger partial charge in [0.05, 0.1) is 4.70 Å². The minimum Gasteiger partial charge on any atom is -0.489 e. The Morgan fingerprint density at radius 2 is 2.17 bits per heavy atom. The average Bonchev–Trinajstić information content (AvgIpc) is 3.22. The maximum atomic E-state index is 11.3. The van der Waals surface area contributed by atoms with Crippen molar-refractivity contribution in [2.24, 2.45) is 5.73 Å². The van der Waals surface area contributed by atoms with Crippen LogP contribution in [0, 0.1) is 0 Å². The number of carbonyl (C=O) groups is 1.